The highest BCUT2D eigenvalue weighted by Crippen LogP contribution is 2.36. The molecule has 190 valence electrons. The van der Waals surface area contributed by atoms with Crippen molar-refractivity contribution in [1.82, 2.24) is 0 Å². The zero-order valence-corrected chi connectivity index (χ0v) is 23.6. The maximum Gasteiger partial charge on any atom is 0.340 e. The Labute approximate surface area is 207 Å². The molecule has 0 saturated heterocycles. The van der Waals surface area contributed by atoms with Crippen molar-refractivity contribution in [1.29, 1.82) is 0 Å². The first-order valence-electron chi connectivity index (χ1n) is 12.0. The molecule has 0 fully saturated rings. The van der Waals surface area contributed by atoms with E-state index in [1.165, 1.54) is 19.6 Å². The summed E-state index contributed by atoms with van der Waals surface area (Å²) in [5.41, 5.74) is 3.09. The molecule has 0 aliphatic carbocycles. The number of methoxy groups -OCH3 is 1. The van der Waals surface area contributed by atoms with Crippen LogP contribution in [0.25, 0.3) is 0 Å². The topological polar surface area (TPSA) is 61.8 Å². The molecule has 0 aliphatic heterocycles. The smallest absolute Gasteiger partial charge is 0.340 e. The van der Waals surface area contributed by atoms with Gasteiger partial charge in [-0.3, -0.25) is 4.79 Å². The SMILES string of the molecule is COC(C(=O)O[C@@H](C/C=C(/C)CC/C=C(\C)CO[Si](C)(C)C(C)(C)C)C(C)=O)c1ccccc1. The number of ether oxygens (including phenoxy) is 2. The van der Waals surface area contributed by atoms with Crippen LogP contribution in [0.4, 0.5) is 0 Å². The lowest BCUT2D eigenvalue weighted by Crippen LogP contribution is -2.41. The van der Waals surface area contributed by atoms with Gasteiger partial charge in [0.1, 0.15) is 0 Å². The van der Waals surface area contributed by atoms with E-state index in [2.05, 4.69) is 46.9 Å². The van der Waals surface area contributed by atoms with Crippen molar-refractivity contribution in [2.24, 2.45) is 0 Å². The molecule has 2 atom stereocenters. The Balaban J connectivity index is 2.61. The fraction of sp³-hybridized carbons (Fsp3) is 0.571. The molecular formula is C28H44O5Si. The molecule has 0 aliphatic rings. The third-order valence-corrected chi connectivity index (χ3v) is 10.9. The van der Waals surface area contributed by atoms with Crippen LogP contribution in [0.3, 0.4) is 0 Å². The van der Waals surface area contributed by atoms with E-state index < -0.39 is 26.5 Å². The van der Waals surface area contributed by atoms with Gasteiger partial charge in [-0.25, -0.2) is 4.79 Å². The van der Waals surface area contributed by atoms with Gasteiger partial charge in [-0.15, -0.1) is 0 Å². The van der Waals surface area contributed by atoms with Crippen molar-refractivity contribution in [3.63, 3.8) is 0 Å². The van der Waals surface area contributed by atoms with Crippen LogP contribution in [-0.2, 0) is 23.5 Å². The van der Waals surface area contributed by atoms with Gasteiger partial charge in [0, 0.05) is 13.5 Å². The zero-order valence-electron chi connectivity index (χ0n) is 22.6. The summed E-state index contributed by atoms with van der Waals surface area (Å²) in [4.78, 5) is 24.7. The third-order valence-electron chi connectivity index (χ3n) is 6.44. The average Bonchev–Trinajstić information content (AvgIpc) is 2.75. The number of Topliss-reactive ketones (excluding diaryl/α,β-unsaturated/α-hetero) is 1. The monoisotopic (exact) mass is 488 g/mol. The van der Waals surface area contributed by atoms with Crippen LogP contribution in [0.2, 0.25) is 18.1 Å². The van der Waals surface area contributed by atoms with Crippen LogP contribution in [-0.4, -0.2) is 39.9 Å². The second-order valence-electron chi connectivity index (χ2n) is 10.5. The van der Waals surface area contributed by atoms with Gasteiger partial charge in [-0.2, -0.15) is 0 Å². The summed E-state index contributed by atoms with van der Waals surface area (Å²) >= 11 is 0. The molecule has 0 saturated carbocycles. The fourth-order valence-corrected chi connectivity index (χ4v) is 4.04. The minimum Gasteiger partial charge on any atom is -0.452 e. The van der Waals surface area contributed by atoms with Crippen LogP contribution < -0.4 is 0 Å². The molecule has 0 amide bonds. The van der Waals surface area contributed by atoms with E-state index in [0.29, 0.717) is 18.6 Å². The highest BCUT2D eigenvalue weighted by Gasteiger charge is 2.37. The Morgan fingerprint density at radius 2 is 1.62 bits per heavy atom. The van der Waals surface area contributed by atoms with E-state index in [0.717, 1.165) is 18.4 Å². The molecule has 0 N–H and O–H groups in total. The molecule has 0 heterocycles. The molecule has 0 aromatic heterocycles. The van der Waals surface area contributed by atoms with Gasteiger partial charge in [0.15, 0.2) is 26.3 Å². The number of hydrogen-bond donors (Lipinski definition) is 0. The summed E-state index contributed by atoms with van der Waals surface area (Å²) in [5, 5.41) is 0.202. The van der Waals surface area contributed by atoms with E-state index in [1.807, 2.05) is 31.2 Å². The lowest BCUT2D eigenvalue weighted by Gasteiger charge is -2.36. The van der Waals surface area contributed by atoms with Crippen molar-refractivity contribution in [2.45, 2.75) is 91.1 Å². The largest absolute Gasteiger partial charge is 0.452 e. The summed E-state index contributed by atoms with van der Waals surface area (Å²) in [5.74, 6) is -0.737. The second kappa shape index (κ2) is 13.8. The highest BCUT2D eigenvalue weighted by atomic mass is 28.4. The maximum atomic E-state index is 12.6. The lowest BCUT2D eigenvalue weighted by molar-refractivity contribution is -0.164. The van der Waals surface area contributed by atoms with Crippen LogP contribution in [0, 0.1) is 0 Å². The van der Waals surface area contributed by atoms with E-state index in [9.17, 15) is 9.59 Å². The average molecular weight is 489 g/mol. The summed E-state index contributed by atoms with van der Waals surface area (Å²) in [6.45, 7) is 17.5. The van der Waals surface area contributed by atoms with Crippen LogP contribution in [0.5, 0.6) is 0 Å². The molecular weight excluding hydrogens is 444 g/mol. The number of hydrogen-bond acceptors (Lipinski definition) is 5. The molecule has 1 aromatic rings. The van der Waals surface area contributed by atoms with Crippen molar-refractivity contribution in [3.05, 3.63) is 59.2 Å². The number of carbonyl (C=O) groups is 2. The predicted octanol–water partition coefficient (Wildman–Crippen LogP) is 6.96. The number of carbonyl (C=O) groups excluding carboxylic acids is 2. The van der Waals surface area contributed by atoms with Crippen molar-refractivity contribution in [3.8, 4) is 0 Å². The fourth-order valence-electron chi connectivity index (χ4n) is 3.02. The summed E-state index contributed by atoms with van der Waals surface area (Å²) in [6.07, 6.45) is 4.67. The number of esters is 1. The second-order valence-corrected chi connectivity index (χ2v) is 15.3. The molecule has 5 nitrogen and oxygen atoms in total. The first-order chi connectivity index (χ1) is 15.8. The number of allylic oxidation sites excluding steroid dienone is 2. The van der Waals surface area contributed by atoms with Gasteiger partial charge in [-0.05, 0) is 57.3 Å². The molecule has 1 unspecified atom stereocenters. The van der Waals surface area contributed by atoms with Gasteiger partial charge in [0.25, 0.3) is 0 Å². The Kier molecular flexibility index (Phi) is 12.1. The molecule has 1 aromatic carbocycles. The Morgan fingerprint density at radius 1 is 1.00 bits per heavy atom. The Morgan fingerprint density at radius 3 is 2.15 bits per heavy atom. The summed E-state index contributed by atoms with van der Waals surface area (Å²) in [6, 6.07) is 9.13. The first-order valence-corrected chi connectivity index (χ1v) is 14.9. The quantitative estimate of drug-likeness (QED) is 0.171. The number of benzene rings is 1. The maximum absolute atomic E-state index is 12.6. The zero-order chi connectivity index (χ0) is 25.9. The van der Waals surface area contributed by atoms with Crippen LogP contribution >= 0.6 is 0 Å². The predicted molar refractivity (Wildman–Crippen MR) is 141 cm³/mol. The molecule has 34 heavy (non-hydrogen) atoms. The Hall–Kier alpha value is -2.02. The molecule has 0 spiro atoms. The number of rotatable bonds is 13. The molecule has 6 heteroatoms. The third kappa shape index (κ3) is 10.1. The van der Waals surface area contributed by atoms with E-state index in [-0.39, 0.29) is 10.8 Å². The van der Waals surface area contributed by atoms with Crippen molar-refractivity contribution < 1.29 is 23.5 Å². The standard InChI is InChI=1S/C28H44O5Si/c1-21(14-13-15-22(2)20-32-34(8,9)28(4,5)6)18-19-25(23(3)29)33-27(30)26(31-7)24-16-11-10-12-17-24/h10-12,15-18,25-26H,13-14,19-20H2,1-9H3/b21-18-,22-15+/t25-,26?/m0/s1. The molecule has 1 rings (SSSR count). The normalized spacial score (nSPS) is 15.1. The Bertz CT molecular complexity index is 849. The lowest BCUT2D eigenvalue weighted by atomic mass is 10.1. The minimum absolute atomic E-state index is 0.182. The van der Waals surface area contributed by atoms with Crippen molar-refractivity contribution >= 4 is 20.1 Å². The van der Waals surface area contributed by atoms with Gasteiger partial charge < -0.3 is 13.9 Å². The van der Waals surface area contributed by atoms with Crippen LogP contribution in [0.1, 0.15) is 72.5 Å². The molecule has 0 bridgehead atoms. The van der Waals surface area contributed by atoms with E-state index in [4.69, 9.17) is 13.9 Å². The number of ketones is 1. The van der Waals surface area contributed by atoms with Crippen LogP contribution in [0.15, 0.2) is 53.6 Å². The van der Waals surface area contributed by atoms with Gasteiger partial charge >= 0.3 is 5.97 Å². The molecule has 0 radical (unpaired) electrons. The van der Waals surface area contributed by atoms with Gasteiger partial charge in [0.05, 0.1) is 6.61 Å². The van der Waals surface area contributed by atoms with E-state index in [1.54, 1.807) is 12.1 Å². The highest BCUT2D eigenvalue weighted by molar-refractivity contribution is 6.74. The van der Waals surface area contributed by atoms with Gasteiger partial charge in [-0.1, -0.05) is 74.4 Å². The van der Waals surface area contributed by atoms with Gasteiger partial charge in [0.2, 0.25) is 0 Å². The summed E-state index contributed by atoms with van der Waals surface area (Å²) < 4.78 is 17.1. The van der Waals surface area contributed by atoms with E-state index >= 15 is 0 Å². The van der Waals surface area contributed by atoms with Crippen molar-refractivity contribution in [2.75, 3.05) is 13.7 Å². The first kappa shape index (κ1) is 30.0. The summed E-state index contributed by atoms with van der Waals surface area (Å²) in [7, 11) is -0.289. The minimum atomic E-state index is -1.75.